The van der Waals surface area contributed by atoms with Crippen LogP contribution in [0.5, 0.6) is 0 Å². The number of benzene rings is 2. The van der Waals surface area contributed by atoms with Gasteiger partial charge in [0.05, 0.1) is 23.9 Å². The quantitative estimate of drug-likeness (QED) is 0.499. The van der Waals surface area contributed by atoms with Crippen LogP contribution in [0.4, 0.5) is 0 Å². The van der Waals surface area contributed by atoms with Crippen LogP contribution in [-0.2, 0) is 19.6 Å². The van der Waals surface area contributed by atoms with Crippen molar-refractivity contribution in [2.24, 2.45) is 0 Å². The van der Waals surface area contributed by atoms with Crippen LogP contribution in [-0.4, -0.2) is 14.7 Å². The summed E-state index contributed by atoms with van der Waals surface area (Å²) in [4.78, 5) is 4.66. The number of hydrogen-bond donors (Lipinski definition) is 1. The van der Waals surface area contributed by atoms with E-state index in [2.05, 4.69) is 69.4 Å². The lowest BCUT2D eigenvalue weighted by atomic mass is 9.99. The van der Waals surface area contributed by atoms with Gasteiger partial charge in [0, 0.05) is 13.0 Å². The maximum atomic E-state index is 9.77. The van der Waals surface area contributed by atoms with Gasteiger partial charge in [-0.05, 0) is 51.8 Å². The van der Waals surface area contributed by atoms with E-state index in [1.54, 1.807) is 0 Å². The summed E-state index contributed by atoms with van der Waals surface area (Å²) in [5, 5.41) is 19.1. The predicted molar refractivity (Wildman–Crippen MR) is 115 cm³/mol. The molecule has 0 aliphatic rings. The van der Waals surface area contributed by atoms with Crippen LogP contribution in [0.2, 0.25) is 0 Å². The molecule has 0 fully saturated rings. The van der Waals surface area contributed by atoms with Gasteiger partial charge in [-0.25, -0.2) is 4.98 Å². The van der Waals surface area contributed by atoms with Gasteiger partial charge in [0.1, 0.15) is 9.53 Å². The number of aryl methyl sites for hydroxylation is 1. The Morgan fingerprint density at radius 1 is 1.15 bits per heavy atom. The summed E-state index contributed by atoms with van der Waals surface area (Å²) in [6.45, 7) is 2.85. The van der Waals surface area contributed by atoms with Crippen molar-refractivity contribution in [3.05, 3.63) is 74.9 Å². The van der Waals surface area contributed by atoms with Crippen molar-refractivity contribution in [2.75, 3.05) is 0 Å². The molecule has 0 spiro atoms. The van der Waals surface area contributed by atoms with Crippen LogP contribution >= 0.6 is 22.6 Å². The second-order valence-corrected chi connectivity index (χ2v) is 7.49. The molecule has 2 aromatic carbocycles. The number of aromatic nitrogens is 2. The normalized spacial score (nSPS) is 10.7. The summed E-state index contributed by atoms with van der Waals surface area (Å²) in [6, 6.07) is 18.2. The van der Waals surface area contributed by atoms with E-state index < -0.39 is 0 Å². The van der Waals surface area contributed by atoms with Crippen molar-refractivity contribution in [1.82, 2.24) is 9.55 Å². The topological polar surface area (TPSA) is 61.8 Å². The second kappa shape index (κ2) is 9.16. The summed E-state index contributed by atoms with van der Waals surface area (Å²) in [5.74, 6) is 1.03. The Bertz CT molecular complexity index is 955. The molecule has 3 aromatic rings. The fourth-order valence-corrected chi connectivity index (χ4v) is 3.91. The van der Waals surface area contributed by atoms with Gasteiger partial charge >= 0.3 is 0 Å². The molecule has 0 aliphatic carbocycles. The Hall–Kier alpha value is -2.17. The highest BCUT2D eigenvalue weighted by Gasteiger charge is 2.15. The summed E-state index contributed by atoms with van der Waals surface area (Å²) < 4.78 is 3.01. The molecule has 0 amide bonds. The lowest BCUT2D eigenvalue weighted by Crippen LogP contribution is -2.09. The van der Waals surface area contributed by atoms with Gasteiger partial charge in [-0.3, -0.25) is 0 Å². The first-order chi connectivity index (χ1) is 13.2. The monoisotopic (exact) mass is 471 g/mol. The first kappa shape index (κ1) is 19.6. The number of unbranched alkanes of at least 4 members (excludes halogenated alkanes) is 1. The van der Waals surface area contributed by atoms with Gasteiger partial charge in [-0.1, -0.05) is 55.8 Å². The fourth-order valence-electron chi connectivity index (χ4n) is 3.17. The van der Waals surface area contributed by atoms with E-state index in [-0.39, 0.29) is 6.61 Å². The zero-order valence-corrected chi connectivity index (χ0v) is 17.5. The molecule has 0 aliphatic heterocycles. The highest BCUT2D eigenvalue weighted by Crippen LogP contribution is 2.24. The molecule has 1 N–H and O–H groups in total. The number of aliphatic hydroxyl groups excluding tert-OH is 1. The van der Waals surface area contributed by atoms with Gasteiger partial charge in [-0.2, -0.15) is 5.26 Å². The molecule has 138 valence electrons. The fraction of sp³-hybridized carbons (Fsp3) is 0.273. The van der Waals surface area contributed by atoms with Crippen molar-refractivity contribution >= 4 is 22.6 Å². The maximum absolute atomic E-state index is 9.77. The van der Waals surface area contributed by atoms with Crippen molar-refractivity contribution < 1.29 is 5.11 Å². The second-order valence-electron chi connectivity index (χ2n) is 6.47. The lowest BCUT2D eigenvalue weighted by molar-refractivity contribution is 0.270. The molecule has 0 saturated carbocycles. The Kier molecular flexibility index (Phi) is 6.64. The highest BCUT2D eigenvalue weighted by atomic mass is 127. The Balaban J connectivity index is 1.88. The third-order valence-electron chi connectivity index (χ3n) is 4.66. The van der Waals surface area contributed by atoms with Crippen molar-refractivity contribution in [3.63, 3.8) is 0 Å². The smallest absolute Gasteiger partial charge is 0.125 e. The van der Waals surface area contributed by atoms with E-state index in [4.69, 9.17) is 0 Å². The number of halogens is 1. The van der Waals surface area contributed by atoms with Crippen LogP contribution in [0.3, 0.4) is 0 Å². The summed E-state index contributed by atoms with van der Waals surface area (Å²) in [5.41, 5.74) is 4.68. The van der Waals surface area contributed by atoms with E-state index in [0.29, 0.717) is 12.1 Å². The van der Waals surface area contributed by atoms with Gasteiger partial charge in [-0.15, -0.1) is 0 Å². The van der Waals surface area contributed by atoms with E-state index in [1.807, 2.05) is 24.3 Å². The SMILES string of the molecule is CCCCc1nc(I)c(CO)n1Cc1ccc(-c2ccccc2C#N)cc1. The number of nitriles is 1. The van der Waals surface area contributed by atoms with E-state index in [1.165, 1.54) is 0 Å². The molecule has 0 saturated heterocycles. The summed E-state index contributed by atoms with van der Waals surface area (Å²) in [7, 11) is 0. The van der Waals surface area contributed by atoms with Crippen LogP contribution in [0, 0.1) is 15.0 Å². The molecule has 1 aromatic heterocycles. The van der Waals surface area contributed by atoms with Gasteiger partial charge in [0.15, 0.2) is 0 Å². The number of aliphatic hydroxyl groups is 1. The number of rotatable bonds is 7. The largest absolute Gasteiger partial charge is 0.390 e. The average molecular weight is 471 g/mol. The van der Waals surface area contributed by atoms with Gasteiger partial charge in [0.2, 0.25) is 0 Å². The molecule has 0 radical (unpaired) electrons. The highest BCUT2D eigenvalue weighted by molar-refractivity contribution is 14.1. The van der Waals surface area contributed by atoms with Crippen molar-refractivity contribution in [1.29, 1.82) is 5.26 Å². The average Bonchev–Trinajstić information content (AvgIpc) is 3.01. The third-order valence-corrected chi connectivity index (χ3v) is 5.52. The molecular formula is C22H22IN3O. The number of hydrogen-bond acceptors (Lipinski definition) is 3. The third kappa shape index (κ3) is 4.40. The molecule has 0 unspecified atom stereocenters. The van der Waals surface area contributed by atoms with E-state index >= 15 is 0 Å². The first-order valence-electron chi connectivity index (χ1n) is 9.11. The van der Waals surface area contributed by atoms with E-state index in [9.17, 15) is 10.4 Å². The standard InChI is InChI=1S/C22H22IN3O/c1-2-3-8-21-25-22(23)20(15-27)26(21)14-16-9-11-17(12-10-16)19-7-5-4-6-18(19)13-24/h4-7,9-12,27H,2-3,8,14-15H2,1H3. The minimum Gasteiger partial charge on any atom is -0.390 e. The Labute approximate surface area is 173 Å². The zero-order chi connectivity index (χ0) is 19.2. The number of imidazole rings is 1. The molecule has 0 atom stereocenters. The van der Waals surface area contributed by atoms with Crippen LogP contribution in [0.1, 0.15) is 42.4 Å². The molecule has 1 heterocycles. The van der Waals surface area contributed by atoms with Gasteiger partial charge in [0.25, 0.3) is 0 Å². The Morgan fingerprint density at radius 2 is 1.89 bits per heavy atom. The minimum absolute atomic E-state index is 0.00890. The molecular weight excluding hydrogens is 449 g/mol. The molecule has 4 nitrogen and oxygen atoms in total. The van der Waals surface area contributed by atoms with Crippen LogP contribution in [0.25, 0.3) is 11.1 Å². The maximum Gasteiger partial charge on any atom is 0.125 e. The summed E-state index contributed by atoms with van der Waals surface area (Å²) in [6.07, 6.45) is 3.12. The first-order valence-corrected chi connectivity index (χ1v) is 10.2. The molecule has 5 heteroatoms. The lowest BCUT2D eigenvalue weighted by Gasteiger charge is -2.12. The predicted octanol–water partition coefficient (Wildman–Crippen LogP) is 4.91. The van der Waals surface area contributed by atoms with E-state index in [0.717, 1.165) is 51.2 Å². The van der Waals surface area contributed by atoms with Crippen molar-refractivity contribution in [2.45, 2.75) is 39.3 Å². The summed E-state index contributed by atoms with van der Waals surface area (Å²) >= 11 is 2.20. The molecule has 27 heavy (non-hydrogen) atoms. The number of nitrogens with zero attached hydrogens (tertiary/aromatic N) is 3. The van der Waals surface area contributed by atoms with Crippen LogP contribution in [0.15, 0.2) is 48.5 Å². The Morgan fingerprint density at radius 3 is 2.56 bits per heavy atom. The van der Waals surface area contributed by atoms with Crippen molar-refractivity contribution in [3.8, 4) is 17.2 Å². The van der Waals surface area contributed by atoms with Crippen LogP contribution < -0.4 is 0 Å². The molecule has 0 bridgehead atoms. The van der Waals surface area contributed by atoms with Gasteiger partial charge < -0.3 is 9.67 Å². The minimum atomic E-state index is -0.00890. The zero-order valence-electron chi connectivity index (χ0n) is 15.3. The molecule has 3 rings (SSSR count).